The third kappa shape index (κ3) is 3.80. The fourth-order valence-electron chi connectivity index (χ4n) is 3.82. The third-order valence-corrected chi connectivity index (χ3v) is 6.97. The average molecular weight is 448 g/mol. The molecule has 0 saturated heterocycles. The van der Waals surface area contributed by atoms with Crippen molar-refractivity contribution in [3.8, 4) is 0 Å². The van der Waals surface area contributed by atoms with E-state index in [1.165, 1.54) is 0 Å². The molecule has 4 aromatic rings. The highest BCUT2D eigenvalue weighted by Crippen LogP contribution is 2.30. The van der Waals surface area contributed by atoms with E-state index in [1.54, 1.807) is 23.7 Å². The standard InChI is InChI=1S/C20H19Cl2N5OS/c21-12-8-15-19(26-18(12)22)27(10-23-15)9-11-5-6-14-17(7-11)29-20(25-14)24-13-3-1-2-4-16(13)28/h5-8,10,13,16,28H,1-4,9H2,(H,24,25). The molecule has 0 amide bonds. The predicted octanol–water partition coefficient (Wildman–Crippen LogP) is 5.11. The molecule has 0 aliphatic heterocycles. The first-order valence-corrected chi connectivity index (χ1v) is 11.1. The van der Waals surface area contributed by atoms with Crippen LogP contribution >= 0.6 is 34.5 Å². The minimum absolute atomic E-state index is 0.0868. The van der Waals surface area contributed by atoms with Crippen LogP contribution in [-0.2, 0) is 6.54 Å². The molecule has 0 bridgehead atoms. The van der Waals surface area contributed by atoms with Gasteiger partial charge in [-0.1, -0.05) is 53.4 Å². The van der Waals surface area contributed by atoms with Crippen LogP contribution in [0.5, 0.6) is 0 Å². The molecule has 1 aromatic carbocycles. The van der Waals surface area contributed by atoms with Gasteiger partial charge in [0.05, 0.1) is 40.3 Å². The number of pyridine rings is 1. The number of imidazole rings is 1. The number of aliphatic hydroxyl groups is 1. The number of halogens is 2. The molecule has 1 aliphatic carbocycles. The van der Waals surface area contributed by atoms with Crippen molar-refractivity contribution in [1.82, 2.24) is 19.5 Å². The number of nitrogens with one attached hydrogen (secondary N) is 1. The molecule has 5 rings (SSSR count). The summed E-state index contributed by atoms with van der Waals surface area (Å²) in [6.45, 7) is 0.624. The largest absolute Gasteiger partial charge is 0.391 e. The van der Waals surface area contributed by atoms with Crippen molar-refractivity contribution in [1.29, 1.82) is 0 Å². The van der Waals surface area contributed by atoms with Crippen LogP contribution < -0.4 is 5.32 Å². The number of thiazole rings is 1. The Kier molecular flexibility index (Phi) is 5.07. The SMILES string of the molecule is OC1CCCCC1Nc1nc2ccc(Cn3cnc4cc(Cl)c(Cl)nc43)cc2s1. The van der Waals surface area contributed by atoms with Crippen molar-refractivity contribution in [2.24, 2.45) is 0 Å². The molecule has 6 nitrogen and oxygen atoms in total. The molecule has 0 radical (unpaired) electrons. The summed E-state index contributed by atoms with van der Waals surface area (Å²) >= 11 is 13.7. The number of aliphatic hydroxyl groups excluding tert-OH is 1. The molecule has 29 heavy (non-hydrogen) atoms. The van der Waals surface area contributed by atoms with Crippen molar-refractivity contribution in [2.75, 3.05) is 5.32 Å². The highest BCUT2D eigenvalue weighted by molar-refractivity contribution is 7.22. The van der Waals surface area contributed by atoms with Crippen LogP contribution in [0.25, 0.3) is 21.4 Å². The lowest BCUT2D eigenvalue weighted by Gasteiger charge is -2.27. The monoisotopic (exact) mass is 447 g/mol. The molecular weight excluding hydrogens is 429 g/mol. The van der Waals surface area contributed by atoms with Gasteiger partial charge in [0.25, 0.3) is 0 Å². The number of fused-ring (bicyclic) bond motifs is 2. The van der Waals surface area contributed by atoms with E-state index in [1.807, 2.05) is 10.6 Å². The van der Waals surface area contributed by atoms with Crippen molar-refractivity contribution >= 4 is 61.1 Å². The molecule has 3 heterocycles. The highest BCUT2D eigenvalue weighted by Gasteiger charge is 2.23. The number of rotatable bonds is 4. The fourth-order valence-corrected chi connectivity index (χ4v) is 5.09. The smallest absolute Gasteiger partial charge is 0.184 e. The van der Waals surface area contributed by atoms with E-state index in [0.717, 1.165) is 52.1 Å². The number of nitrogens with zero attached hydrogens (tertiary/aromatic N) is 4. The molecule has 1 aliphatic rings. The molecule has 9 heteroatoms. The summed E-state index contributed by atoms with van der Waals surface area (Å²) in [6.07, 6.45) is 5.53. The third-order valence-electron chi connectivity index (χ3n) is 5.35. The van der Waals surface area contributed by atoms with E-state index >= 15 is 0 Å². The lowest BCUT2D eigenvalue weighted by Crippen LogP contribution is -2.36. The van der Waals surface area contributed by atoms with Crippen molar-refractivity contribution in [2.45, 2.75) is 44.4 Å². The Bertz CT molecular complexity index is 1190. The summed E-state index contributed by atoms with van der Waals surface area (Å²) in [7, 11) is 0. The van der Waals surface area contributed by atoms with Crippen molar-refractivity contribution < 1.29 is 5.11 Å². The van der Waals surface area contributed by atoms with E-state index in [9.17, 15) is 5.11 Å². The lowest BCUT2D eigenvalue weighted by atomic mass is 9.93. The Morgan fingerprint density at radius 1 is 1.14 bits per heavy atom. The van der Waals surface area contributed by atoms with Gasteiger partial charge in [0.2, 0.25) is 0 Å². The lowest BCUT2D eigenvalue weighted by molar-refractivity contribution is 0.116. The molecule has 0 spiro atoms. The van der Waals surface area contributed by atoms with Gasteiger partial charge in [-0.3, -0.25) is 0 Å². The first-order valence-electron chi connectivity index (χ1n) is 9.58. The van der Waals surface area contributed by atoms with Crippen LogP contribution in [0.3, 0.4) is 0 Å². The maximum Gasteiger partial charge on any atom is 0.184 e. The second-order valence-electron chi connectivity index (χ2n) is 7.40. The normalized spacial score (nSPS) is 19.8. The first kappa shape index (κ1) is 19.1. The molecule has 2 N–H and O–H groups in total. The summed E-state index contributed by atoms with van der Waals surface area (Å²) in [5.41, 5.74) is 3.50. The summed E-state index contributed by atoms with van der Waals surface area (Å²) < 4.78 is 3.06. The molecular formula is C20H19Cl2N5OS. The Balaban J connectivity index is 1.39. The zero-order valence-electron chi connectivity index (χ0n) is 15.5. The van der Waals surface area contributed by atoms with Gasteiger partial charge in [-0.05, 0) is 36.6 Å². The van der Waals surface area contributed by atoms with E-state index in [4.69, 9.17) is 23.2 Å². The summed E-state index contributed by atoms with van der Waals surface area (Å²) in [4.78, 5) is 13.4. The second kappa shape index (κ2) is 7.72. The van der Waals surface area contributed by atoms with Gasteiger partial charge in [-0.25, -0.2) is 15.0 Å². The van der Waals surface area contributed by atoms with Crippen LogP contribution in [0.1, 0.15) is 31.2 Å². The van der Waals surface area contributed by atoms with Gasteiger partial charge in [-0.2, -0.15) is 0 Å². The quantitative estimate of drug-likeness (QED) is 0.425. The molecule has 1 saturated carbocycles. The number of aromatic nitrogens is 4. The minimum Gasteiger partial charge on any atom is -0.391 e. The Hall–Kier alpha value is -1.93. The topological polar surface area (TPSA) is 75.9 Å². The van der Waals surface area contributed by atoms with E-state index < -0.39 is 0 Å². The van der Waals surface area contributed by atoms with Gasteiger partial charge < -0.3 is 15.0 Å². The van der Waals surface area contributed by atoms with Crippen LogP contribution in [0, 0.1) is 0 Å². The summed E-state index contributed by atoms with van der Waals surface area (Å²) in [5, 5.41) is 15.2. The molecule has 2 atom stereocenters. The number of hydrogen-bond donors (Lipinski definition) is 2. The molecule has 3 aromatic heterocycles. The fraction of sp³-hybridized carbons (Fsp3) is 0.350. The van der Waals surface area contributed by atoms with Gasteiger partial charge in [0.1, 0.15) is 10.7 Å². The Morgan fingerprint density at radius 2 is 2.00 bits per heavy atom. The maximum absolute atomic E-state index is 10.2. The van der Waals surface area contributed by atoms with Crippen LogP contribution in [0.15, 0.2) is 30.6 Å². The Labute approximate surface area is 181 Å². The second-order valence-corrected chi connectivity index (χ2v) is 9.20. The van der Waals surface area contributed by atoms with Crippen LogP contribution in [0.4, 0.5) is 5.13 Å². The van der Waals surface area contributed by atoms with Gasteiger partial charge in [0, 0.05) is 0 Å². The summed E-state index contributed by atoms with van der Waals surface area (Å²) in [6, 6.07) is 8.04. The number of benzene rings is 1. The maximum atomic E-state index is 10.2. The minimum atomic E-state index is -0.298. The zero-order chi connectivity index (χ0) is 20.0. The molecule has 150 valence electrons. The molecule has 2 unspecified atom stereocenters. The number of anilines is 1. The summed E-state index contributed by atoms with van der Waals surface area (Å²) in [5.74, 6) is 0. The molecule has 1 fully saturated rings. The highest BCUT2D eigenvalue weighted by atomic mass is 35.5. The van der Waals surface area contributed by atoms with E-state index in [0.29, 0.717) is 17.2 Å². The van der Waals surface area contributed by atoms with Crippen molar-refractivity contribution in [3.63, 3.8) is 0 Å². The first-order chi connectivity index (χ1) is 14.1. The van der Waals surface area contributed by atoms with E-state index in [2.05, 4.69) is 32.4 Å². The zero-order valence-corrected chi connectivity index (χ0v) is 17.8. The Morgan fingerprint density at radius 3 is 2.86 bits per heavy atom. The average Bonchev–Trinajstić information content (AvgIpc) is 3.27. The van der Waals surface area contributed by atoms with Crippen molar-refractivity contribution in [3.05, 3.63) is 46.3 Å². The van der Waals surface area contributed by atoms with Gasteiger partial charge in [-0.15, -0.1) is 0 Å². The van der Waals surface area contributed by atoms with Gasteiger partial charge >= 0.3 is 0 Å². The predicted molar refractivity (Wildman–Crippen MR) is 118 cm³/mol. The van der Waals surface area contributed by atoms with Crippen LogP contribution in [0.2, 0.25) is 10.2 Å². The van der Waals surface area contributed by atoms with Gasteiger partial charge in [0.15, 0.2) is 10.8 Å². The van der Waals surface area contributed by atoms with E-state index in [-0.39, 0.29) is 17.3 Å². The number of hydrogen-bond acceptors (Lipinski definition) is 6. The van der Waals surface area contributed by atoms with Crippen LogP contribution in [-0.4, -0.2) is 36.8 Å².